The molecule has 2 aromatic heterocycles. The summed E-state index contributed by atoms with van der Waals surface area (Å²) in [6, 6.07) is 15.8. The number of rotatable bonds is 2. The van der Waals surface area contributed by atoms with Crippen LogP contribution in [0.3, 0.4) is 0 Å². The van der Waals surface area contributed by atoms with Crippen molar-refractivity contribution in [2.45, 2.75) is 26.2 Å². The topological polar surface area (TPSA) is 45.8 Å². The average Bonchev–Trinajstić information content (AvgIpc) is 2.55. The lowest BCUT2D eigenvalue weighted by atomic mass is 9.86. The molecule has 0 radical (unpaired) electrons. The molecule has 116 valence electrons. The maximum atomic E-state index is 12.2. The monoisotopic (exact) mass is 304 g/mol. The highest BCUT2D eigenvalue weighted by Gasteiger charge is 2.14. The van der Waals surface area contributed by atoms with Crippen molar-refractivity contribution in [1.82, 2.24) is 9.97 Å². The van der Waals surface area contributed by atoms with Gasteiger partial charge < -0.3 is 4.98 Å². The molecule has 1 aromatic carbocycles. The quantitative estimate of drug-likeness (QED) is 0.762. The average molecular weight is 304 g/mol. The van der Waals surface area contributed by atoms with E-state index in [0.29, 0.717) is 5.56 Å². The molecule has 0 amide bonds. The van der Waals surface area contributed by atoms with Crippen molar-refractivity contribution < 1.29 is 0 Å². The van der Waals surface area contributed by atoms with Gasteiger partial charge in [0.2, 0.25) is 0 Å². The number of nitrogens with zero attached hydrogens (tertiary/aromatic N) is 1. The van der Waals surface area contributed by atoms with Gasteiger partial charge in [0.1, 0.15) is 0 Å². The van der Waals surface area contributed by atoms with Gasteiger partial charge in [-0.15, -0.1) is 0 Å². The van der Waals surface area contributed by atoms with Crippen LogP contribution in [0.5, 0.6) is 0 Å². The summed E-state index contributed by atoms with van der Waals surface area (Å²) in [5.41, 5.74) is 4.58. The van der Waals surface area contributed by atoms with Crippen molar-refractivity contribution in [1.29, 1.82) is 0 Å². The lowest BCUT2D eigenvalue weighted by Crippen LogP contribution is -2.11. The number of hydrogen-bond donors (Lipinski definition) is 1. The number of nitrogens with one attached hydrogen (secondary N) is 1. The third-order valence-electron chi connectivity index (χ3n) is 3.93. The van der Waals surface area contributed by atoms with Crippen molar-refractivity contribution >= 4 is 0 Å². The van der Waals surface area contributed by atoms with Crippen molar-refractivity contribution in [2.24, 2.45) is 0 Å². The summed E-state index contributed by atoms with van der Waals surface area (Å²) in [7, 11) is 0. The van der Waals surface area contributed by atoms with E-state index in [2.05, 4.69) is 42.9 Å². The molecule has 3 aromatic rings. The minimum absolute atomic E-state index is 0.0896. The number of pyridine rings is 2. The molecule has 0 aliphatic rings. The maximum absolute atomic E-state index is 12.2. The van der Waals surface area contributed by atoms with Gasteiger partial charge in [-0.3, -0.25) is 9.78 Å². The van der Waals surface area contributed by atoms with Crippen LogP contribution in [0.2, 0.25) is 0 Å². The van der Waals surface area contributed by atoms with Crippen LogP contribution in [0.4, 0.5) is 0 Å². The predicted octanol–water partition coefficient (Wildman–Crippen LogP) is 4.40. The number of benzene rings is 1. The van der Waals surface area contributed by atoms with E-state index in [0.717, 1.165) is 16.8 Å². The summed E-state index contributed by atoms with van der Waals surface area (Å²) in [6.45, 7) is 6.53. The summed E-state index contributed by atoms with van der Waals surface area (Å²) >= 11 is 0. The third-order valence-corrected chi connectivity index (χ3v) is 3.93. The van der Waals surface area contributed by atoms with Crippen molar-refractivity contribution in [3.63, 3.8) is 0 Å². The Morgan fingerprint density at radius 1 is 0.957 bits per heavy atom. The Morgan fingerprint density at radius 2 is 1.70 bits per heavy atom. The number of aromatic amines is 1. The summed E-state index contributed by atoms with van der Waals surface area (Å²) in [6.07, 6.45) is 3.45. The van der Waals surface area contributed by atoms with Crippen LogP contribution in [0.15, 0.2) is 65.7 Å². The Labute approximate surface area is 136 Å². The van der Waals surface area contributed by atoms with E-state index in [1.54, 1.807) is 12.4 Å². The molecule has 0 aliphatic heterocycles. The van der Waals surface area contributed by atoms with Crippen molar-refractivity contribution in [3.8, 4) is 22.4 Å². The first-order valence-electron chi connectivity index (χ1n) is 7.70. The van der Waals surface area contributed by atoms with Gasteiger partial charge in [-0.05, 0) is 34.7 Å². The molecule has 0 bridgehead atoms. The molecule has 3 nitrogen and oxygen atoms in total. The number of hydrogen-bond acceptors (Lipinski definition) is 2. The molecule has 0 atom stereocenters. The zero-order chi connectivity index (χ0) is 16.4. The standard InChI is InChI=1S/C20H20N2O/c1-20(2,3)16-9-7-14(8-10-16)17-12-15(13-22-19(17)23)18-6-4-5-11-21-18/h4-13H,1-3H3,(H,22,23). The molecule has 23 heavy (non-hydrogen) atoms. The van der Waals surface area contributed by atoms with Gasteiger partial charge >= 0.3 is 0 Å². The van der Waals surface area contributed by atoms with E-state index < -0.39 is 0 Å². The number of H-pyrrole nitrogens is 1. The Kier molecular flexibility index (Phi) is 3.87. The highest BCUT2D eigenvalue weighted by atomic mass is 16.1. The van der Waals surface area contributed by atoms with Crippen LogP contribution < -0.4 is 5.56 Å². The van der Waals surface area contributed by atoms with Gasteiger partial charge in [0.25, 0.3) is 5.56 Å². The predicted molar refractivity (Wildman–Crippen MR) is 94.4 cm³/mol. The molecule has 0 spiro atoms. The van der Waals surface area contributed by atoms with E-state index in [1.165, 1.54) is 5.56 Å². The van der Waals surface area contributed by atoms with E-state index >= 15 is 0 Å². The van der Waals surface area contributed by atoms with Crippen molar-refractivity contribution in [2.75, 3.05) is 0 Å². The van der Waals surface area contributed by atoms with Crippen LogP contribution in [0.1, 0.15) is 26.3 Å². The summed E-state index contributed by atoms with van der Waals surface area (Å²) in [5.74, 6) is 0. The highest BCUT2D eigenvalue weighted by molar-refractivity contribution is 5.70. The molecule has 0 unspecified atom stereocenters. The molecule has 3 rings (SSSR count). The fourth-order valence-electron chi connectivity index (χ4n) is 2.53. The van der Waals surface area contributed by atoms with Crippen molar-refractivity contribution in [3.05, 3.63) is 76.8 Å². The van der Waals surface area contributed by atoms with Gasteiger partial charge in [0, 0.05) is 23.5 Å². The summed E-state index contributed by atoms with van der Waals surface area (Å²) in [4.78, 5) is 19.4. The molecule has 0 saturated carbocycles. The van der Waals surface area contributed by atoms with E-state index in [9.17, 15) is 4.79 Å². The highest BCUT2D eigenvalue weighted by Crippen LogP contribution is 2.26. The molecular weight excluding hydrogens is 284 g/mol. The van der Waals surface area contributed by atoms with Gasteiger partial charge in [-0.2, -0.15) is 0 Å². The summed E-state index contributed by atoms with van der Waals surface area (Å²) < 4.78 is 0. The molecule has 0 saturated heterocycles. The fraction of sp³-hybridized carbons (Fsp3) is 0.200. The van der Waals surface area contributed by atoms with Crippen LogP contribution in [0, 0.1) is 0 Å². The van der Waals surface area contributed by atoms with Gasteiger partial charge in [-0.25, -0.2) is 0 Å². The maximum Gasteiger partial charge on any atom is 0.255 e. The lowest BCUT2D eigenvalue weighted by Gasteiger charge is -2.19. The molecule has 0 aliphatic carbocycles. The Hall–Kier alpha value is -2.68. The zero-order valence-electron chi connectivity index (χ0n) is 13.6. The van der Waals surface area contributed by atoms with Crippen LogP contribution in [-0.4, -0.2) is 9.97 Å². The zero-order valence-corrected chi connectivity index (χ0v) is 13.6. The first kappa shape index (κ1) is 15.2. The first-order valence-corrected chi connectivity index (χ1v) is 7.70. The SMILES string of the molecule is CC(C)(C)c1ccc(-c2cc(-c3ccccn3)c[nH]c2=O)cc1. The Balaban J connectivity index is 2.05. The second kappa shape index (κ2) is 5.84. The molecule has 1 N–H and O–H groups in total. The van der Waals surface area contributed by atoms with E-state index in [-0.39, 0.29) is 11.0 Å². The third kappa shape index (κ3) is 3.24. The number of aromatic nitrogens is 2. The Bertz CT molecular complexity index is 857. The fourth-order valence-corrected chi connectivity index (χ4v) is 2.53. The molecule has 3 heteroatoms. The van der Waals surface area contributed by atoms with Crippen LogP contribution in [0.25, 0.3) is 22.4 Å². The van der Waals surface area contributed by atoms with Crippen LogP contribution >= 0.6 is 0 Å². The minimum atomic E-state index is -0.0896. The smallest absolute Gasteiger partial charge is 0.255 e. The largest absolute Gasteiger partial charge is 0.328 e. The van der Waals surface area contributed by atoms with E-state index in [4.69, 9.17) is 0 Å². The normalized spacial score (nSPS) is 11.4. The van der Waals surface area contributed by atoms with Gasteiger partial charge in [-0.1, -0.05) is 51.1 Å². The lowest BCUT2D eigenvalue weighted by molar-refractivity contribution is 0.590. The van der Waals surface area contributed by atoms with Gasteiger partial charge in [0.05, 0.1) is 5.69 Å². The van der Waals surface area contributed by atoms with E-state index in [1.807, 2.05) is 36.4 Å². The minimum Gasteiger partial charge on any atom is -0.328 e. The van der Waals surface area contributed by atoms with Crippen LogP contribution in [-0.2, 0) is 5.41 Å². The molecular formula is C20H20N2O. The Morgan fingerprint density at radius 3 is 2.30 bits per heavy atom. The molecule has 0 fully saturated rings. The molecule has 2 heterocycles. The first-order chi connectivity index (χ1) is 10.9. The second-order valence-electron chi connectivity index (χ2n) is 6.67. The second-order valence-corrected chi connectivity index (χ2v) is 6.67. The summed E-state index contributed by atoms with van der Waals surface area (Å²) in [5, 5.41) is 0. The van der Waals surface area contributed by atoms with Gasteiger partial charge in [0.15, 0.2) is 0 Å².